The van der Waals surface area contributed by atoms with E-state index in [0.717, 1.165) is 23.2 Å². The Balaban J connectivity index is 1.90. The third kappa shape index (κ3) is 3.82. The highest BCUT2D eigenvalue weighted by Crippen LogP contribution is 2.35. The summed E-state index contributed by atoms with van der Waals surface area (Å²) in [4.78, 5) is 1.38. The third-order valence-corrected chi connectivity index (χ3v) is 6.34. The molecule has 1 aromatic carbocycles. The first kappa shape index (κ1) is 18.2. The van der Waals surface area contributed by atoms with Gasteiger partial charge in [0.05, 0.1) is 0 Å². The Morgan fingerprint density at radius 2 is 1.84 bits per heavy atom. The van der Waals surface area contributed by atoms with E-state index in [0.29, 0.717) is 6.04 Å². The highest BCUT2D eigenvalue weighted by Gasteiger charge is 2.20. The summed E-state index contributed by atoms with van der Waals surface area (Å²) < 4.78 is 2.28. The van der Waals surface area contributed by atoms with Gasteiger partial charge >= 0.3 is 0 Å². The van der Waals surface area contributed by atoms with E-state index in [-0.39, 0.29) is 0 Å². The second-order valence-electron chi connectivity index (χ2n) is 6.58. The number of thiophene rings is 1. The third-order valence-electron chi connectivity index (χ3n) is 4.37. The summed E-state index contributed by atoms with van der Waals surface area (Å²) in [7, 11) is 0. The van der Waals surface area contributed by atoms with E-state index in [4.69, 9.17) is 0 Å². The molecule has 25 heavy (non-hydrogen) atoms. The lowest BCUT2D eigenvalue weighted by atomic mass is 10.1. The summed E-state index contributed by atoms with van der Waals surface area (Å²) in [6.07, 6.45) is 1.03. The fourth-order valence-corrected chi connectivity index (χ4v) is 4.93. The molecule has 0 unspecified atom stereocenters. The van der Waals surface area contributed by atoms with Crippen LogP contribution in [0.2, 0.25) is 0 Å². The monoisotopic (exact) mass is 371 g/mol. The van der Waals surface area contributed by atoms with E-state index >= 15 is 0 Å². The number of aromatic nitrogens is 3. The molecule has 0 radical (unpaired) electrons. The molecule has 0 atom stereocenters. The molecule has 0 amide bonds. The van der Waals surface area contributed by atoms with Gasteiger partial charge in [0.15, 0.2) is 11.0 Å². The van der Waals surface area contributed by atoms with Crippen molar-refractivity contribution in [2.45, 2.75) is 58.0 Å². The van der Waals surface area contributed by atoms with Crippen molar-refractivity contribution in [2.75, 3.05) is 0 Å². The molecule has 0 fully saturated rings. The average Bonchev–Trinajstić information content (AvgIpc) is 3.17. The molecule has 0 aliphatic carbocycles. The number of thioether (sulfide) groups is 1. The molecular weight excluding hydrogens is 346 g/mol. The van der Waals surface area contributed by atoms with E-state index < -0.39 is 0 Å². The minimum Gasteiger partial charge on any atom is -0.299 e. The van der Waals surface area contributed by atoms with Crippen LogP contribution in [0.4, 0.5) is 0 Å². The summed E-state index contributed by atoms with van der Waals surface area (Å²) >= 11 is 3.57. The van der Waals surface area contributed by atoms with Crippen molar-refractivity contribution in [3.8, 4) is 11.4 Å². The highest BCUT2D eigenvalue weighted by molar-refractivity contribution is 7.98. The number of hydrogen-bond acceptors (Lipinski definition) is 4. The molecule has 0 N–H and O–H groups in total. The van der Waals surface area contributed by atoms with Crippen LogP contribution in [0, 0.1) is 13.8 Å². The van der Waals surface area contributed by atoms with Gasteiger partial charge in [0, 0.05) is 27.6 Å². The van der Waals surface area contributed by atoms with Crippen molar-refractivity contribution < 1.29 is 0 Å². The molecule has 0 bridgehead atoms. The van der Waals surface area contributed by atoms with E-state index in [1.54, 1.807) is 23.1 Å². The van der Waals surface area contributed by atoms with Crippen LogP contribution >= 0.6 is 23.1 Å². The topological polar surface area (TPSA) is 30.7 Å². The predicted molar refractivity (Wildman–Crippen MR) is 109 cm³/mol. The molecule has 3 aromatic rings. The summed E-state index contributed by atoms with van der Waals surface area (Å²) in [5.41, 5.74) is 5.25. The van der Waals surface area contributed by atoms with Crippen LogP contribution in [0.5, 0.6) is 0 Å². The molecule has 0 aliphatic rings. The Morgan fingerprint density at radius 3 is 2.48 bits per heavy atom. The summed E-state index contributed by atoms with van der Waals surface area (Å²) in [5.74, 6) is 1.91. The number of nitrogens with zero attached hydrogens (tertiary/aromatic N) is 3. The van der Waals surface area contributed by atoms with Crippen molar-refractivity contribution in [1.29, 1.82) is 0 Å². The molecule has 132 valence electrons. The lowest BCUT2D eigenvalue weighted by Gasteiger charge is -2.14. The number of benzene rings is 1. The van der Waals surface area contributed by atoms with Crippen LogP contribution < -0.4 is 0 Å². The molecule has 3 rings (SSSR count). The maximum absolute atomic E-state index is 4.55. The summed E-state index contributed by atoms with van der Waals surface area (Å²) in [6, 6.07) is 9.04. The Kier molecular flexibility index (Phi) is 5.64. The van der Waals surface area contributed by atoms with Gasteiger partial charge in [-0.3, -0.25) is 4.57 Å². The first-order chi connectivity index (χ1) is 12.0. The van der Waals surface area contributed by atoms with Gasteiger partial charge in [-0.05, 0) is 45.2 Å². The van der Waals surface area contributed by atoms with Crippen molar-refractivity contribution in [1.82, 2.24) is 14.8 Å². The molecule has 2 aromatic heterocycles. The second-order valence-corrected chi connectivity index (χ2v) is 8.61. The minimum atomic E-state index is 0.329. The molecule has 5 heteroatoms. The smallest absolute Gasteiger partial charge is 0.192 e. The Bertz CT molecular complexity index is 844. The van der Waals surface area contributed by atoms with Gasteiger partial charge in [-0.25, -0.2) is 0 Å². The van der Waals surface area contributed by atoms with Gasteiger partial charge in [0.1, 0.15) is 0 Å². The van der Waals surface area contributed by atoms with Crippen LogP contribution in [0.3, 0.4) is 0 Å². The molecule has 0 aliphatic heterocycles. The van der Waals surface area contributed by atoms with Gasteiger partial charge in [-0.1, -0.05) is 48.5 Å². The Morgan fingerprint density at radius 1 is 1.12 bits per heavy atom. The van der Waals surface area contributed by atoms with Crippen molar-refractivity contribution in [2.24, 2.45) is 0 Å². The van der Waals surface area contributed by atoms with Crippen LogP contribution in [-0.2, 0) is 12.2 Å². The Labute approximate surface area is 158 Å². The van der Waals surface area contributed by atoms with Crippen LogP contribution in [-0.4, -0.2) is 14.8 Å². The molecule has 0 saturated carbocycles. The minimum absolute atomic E-state index is 0.329. The molecule has 2 heterocycles. The summed E-state index contributed by atoms with van der Waals surface area (Å²) in [5, 5.41) is 12.3. The zero-order valence-corrected chi connectivity index (χ0v) is 17.2. The van der Waals surface area contributed by atoms with Crippen LogP contribution in [0.1, 0.15) is 48.4 Å². The Hall–Kier alpha value is -1.59. The van der Waals surface area contributed by atoms with Gasteiger partial charge in [0.25, 0.3) is 0 Å². The first-order valence-corrected chi connectivity index (χ1v) is 10.6. The number of aryl methyl sites for hydroxylation is 2. The normalized spacial score (nSPS) is 11.4. The van der Waals surface area contributed by atoms with Crippen LogP contribution in [0.25, 0.3) is 11.4 Å². The van der Waals surface area contributed by atoms with Gasteiger partial charge < -0.3 is 0 Å². The lowest BCUT2D eigenvalue weighted by molar-refractivity contribution is 0.555. The van der Waals surface area contributed by atoms with Crippen LogP contribution in [0.15, 0.2) is 34.8 Å². The van der Waals surface area contributed by atoms with Crippen molar-refractivity contribution in [3.63, 3.8) is 0 Å². The largest absolute Gasteiger partial charge is 0.299 e. The standard InChI is InChI=1S/C20H25N3S2/c1-6-17-15(5)24-12-18(17)19-21-22-20(23(19)13(2)3)25-11-16-9-7-14(4)8-10-16/h7-10,12-13H,6,11H2,1-5H3. The first-order valence-electron chi connectivity index (χ1n) is 8.71. The quantitative estimate of drug-likeness (QED) is 0.493. The highest BCUT2D eigenvalue weighted by atomic mass is 32.2. The fourth-order valence-electron chi connectivity index (χ4n) is 2.96. The molecular formula is C20H25N3S2. The zero-order valence-electron chi connectivity index (χ0n) is 15.5. The average molecular weight is 372 g/mol. The van der Waals surface area contributed by atoms with Crippen molar-refractivity contribution in [3.05, 3.63) is 51.2 Å². The van der Waals surface area contributed by atoms with E-state index in [2.05, 4.69) is 79.0 Å². The van der Waals surface area contributed by atoms with E-state index in [9.17, 15) is 0 Å². The maximum atomic E-state index is 4.55. The van der Waals surface area contributed by atoms with E-state index in [1.807, 2.05) is 0 Å². The molecule has 3 nitrogen and oxygen atoms in total. The number of rotatable bonds is 6. The fraction of sp³-hybridized carbons (Fsp3) is 0.400. The number of hydrogen-bond donors (Lipinski definition) is 0. The zero-order chi connectivity index (χ0) is 18.0. The van der Waals surface area contributed by atoms with Gasteiger partial charge in [-0.2, -0.15) is 0 Å². The maximum Gasteiger partial charge on any atom is 0.192 e. The molecule has 0 spiro atoms. The SMILES string of the molecule is CCc1c(-c2nnc(SCc3ccc(C)cc3)n2C(C)C)csc1C. The van der Waals surface area contributed by atoms with E-state index in [1.165, 1.54) is 27.1 Å². The van der Waals surface area contributed by atoms with Gasteiger partial charge in [-0.15, -0.1) is 21.5 Å². The van der Waals surface area contributed by atoms with Crippen molar-refractivity contribution >= 4 is 23.1 Å². The van der Waals surface area contributed by atoms with Gasteiger partial charge in [0.2, 0.25) is 0 Å². The predicted octanol–water partition coefficient (Wildman–Crippen LogP) is 6.06. The lowest BCUT2D eigenvalue weighted by Crippen LogP contribution is -2.05. The summed E-state index contributed by atoms with van der Waals surface area (Å²) in [6.45, 7) is 10.9. The molecule has 0 saturated heterocycles. The second kappa shape index (κ2) is 7.75.